The van der Waals surface area contributed by atoms with Crippen LogP contribution in [0.25, 0.3) is 0 Å². The molecule has 2 saturated heterocycles. The Kier molecular flexibility index (Phi) is 3.96. The molecule has 3 unspecified atom stereocenters. The summed E-state index contributed by atoms with van der Waals surface area (Å²) in [5, 5.41) is 3.31. The standard InChI is InChI=1S/C12H22N2O3S/c1-9-11(4-3-6-13-9)12(15)14(2)10-5-7-18(16,17)8-10/h9-11,13H,3-8H2,1-2H3. The second-order valence-electron chi connectivity index (χ2n) is 5.50. The minimum absolute atomic E-state index is 0.00736. The summed E-state index contributed by atoms with van der Waals surface area (Å²) in [6.45, 7) is 2.99. The van der Waals surface area contributed by atoms with Crippen molar-refractivity contribution in [2.75, 3.05) is 25.1 Å². The molecule has 2 aliphatic heterocycles. The third-order valence-corrected chi connectivity index (χ3v) is 5.93. The van der Waals surface area contributed by atoms with Gasteiger partial charge in [0.25, 0.3) is 0 Å². The van der Waals surface area contributed by atoms with Gasteiger partial charge in [-0.25, -0.2) is 8.42 Å². The first-order valence-corrected chi connectivity index (χ1v) is 8.43. The van der Waals surface area contributed by atoms with Gasteiger partial charge in [-0.05, 0) is 32.7 Å². The van der Waals surface area contributed by atoms with Crippen molar-refractivity contribution in [1.29, 1.82) is 0 Å². The first kappa shape index (κ1) is 13.8. The fourth-order valence-electron chi connectivity index (χ4n) is 2.90. The van der Waals surface area contributed by atoms with E-state index < -0.39 is 9.84 Å². The van der Waals surface area contributed by atoms with E-state index in [1.54, 1.807) is 11.9 Å². The van der Waals surface area contributed by atoms with Crippen molar-refractivity contribution in [1.82, 2.24) is 10.2 Å². The van der Waals surface area contributed by atoms with Crippen LogP contribution in [0.1, 0.15) is 26.2 Å². The quantitative estimate of drug-likeness (QED) is 0.771. The number of carbonyl (C=O) groups is 1. The third kappa shape index (κ3) is 2.85. The maximum atomic E-state index is 12.4. The fourth-order valence-corrected chi connectivity index (χ4v) is 4.68. The Labute approximate surface area is 109 Å². The third-order valence-electron chi connectivity index (χ3n) is 4.18. The fraction of sp³-hybridized carbons (Fsp3) is 0.917. The number of amides is 1. The van der Waals surface area contributed by atoms with Crippen LogP contribution in [0.5, 0.6) is 0 Å². The van der Waals surface area contributed by atoms with Crippen LogP contribution in [0.3, 0.4) is 0 Å². The molecule has 2 aliphatic rings. The summed E-state index contributed by atoms with van der Waals surface area (Å²) in [6.07, 6.45) is 2.49. The van der Waals surface area contributed by atoms with Gasteiger partial charge in [0.1, 0.15) is 0 Å². The van der Waals surface area contributed by atoms with Gasteiger partial charge in [0.05, 0.1) is 17.4 Å². The largest absolute Gasteiger partial charge is 0.341 e. The van der Waals surface area contributed by atoms with Gasteiger partial charge in [-0.3, -0.25) is 4.79 Å². The molecule has 0 radical (unpaired) electrons. The minimum Gasteiger partial charge on any atom is -0.341 e. The average molecular weight is 274 g/mol. The Morgan fingerprint density at radius 1 is 1.33 bits per heavy atom. The highest BCUT2D eigenvalue weighted by atomic mass is 32.2. The lowest BCUT2D eigenvalue weighted by Gasteiger charge is -2.34. The second kappa shape index (κ2) is 5.17. The summed E-state index contributed by atoms with van der Waals surface area (Å²) in [5.74, 6) is 0.432. The molecule has 0 bridgehead atoms. The maximum absolute atomic E-state index is 12.4. The van der Waals surface area contributed by atoms with Crippen LogP contribution in [0, 0.1) is 5.92 Å². The van der Waals surface area contributed by atoms with Gasteiger partial charge in [0.15, 0.2) is 9.84 Å². The van der Waals surface area contributed by atoms with E-state index in [2.05, 4.69) is 5.32 Å². The lowest BCUT2D eigenvalue weighted by molar-refractivity contribution is -0.137. The van der Waals surface area contributed by atoms with Crippen molar-refractivity contribution >= 4 is 15.7 Å². The Bertz CT molecular complexity index is 421. The molecule has 104 valence electrons. The molecule has 6 heteroatoms. The van der Waals surface area contributed by atoms with Crippen molar-refractivity contribution in [3.8, 4) is 0 Å². The average Bonchev–Trinajstić information content (AvgIpc) is 2.68. The highest BCUT2D eigenvalue weighted by Crippen LogP contribution is 2.23. The summed E-state index contributed by atoms with van der Waals surface area (Å²) in [6, 6.07) is 0.0586. The SMILES string of the molecule is CC1NCCCC1C(=O)N(C)C1CCS(=O)(=O)C1. The smallest absolute Gasteiger partial charge is 0.227 e. The van der Waals surface area contributed by atoms with E-state index in [-0.39, 0.29) is 35.4 Å². The molecule has 0 aliphatic carbocycles. The van der Waals surface area contributed by atoms with E-state index >= 15 is 0 Å². The van der Waals surface area contributed by atoms with Gasteiger partial charge < -0.3 is 10.2 Å². The van der Waals surface area contributed by atoms with Crippen molar-refractivity contribution in [2.45, 2.75) is 38.3 Å². The lowest BCUT2D eigenvalue weighted by atomic mass is 9.90. The van der Waals surface area contributed by atoms with Gasteiger partial charge in [0, 0.05) is 19.1 Å². The van der Waals surface area contributed by atoms with Crippen molar-refractivity contribution in [3.05, 3.63) is 0 Å². The molecule has 1 N–H and O–H groups in total. The molecule has 18 heavy (non-hydrogen) atoms. The topological polar surface area (TPSA) is 66.5 Å². The van der Waals surface area contributed by atoms with Crippen LogP contribution in [-0.4, -0.2) is 56.4 Å². The maximum Gasteiger partial charge on any atom is 0.227 e. The van der Waals surface area contributed by atoms with Gasteiger partial charge in [-0.1, -0.05) is 0 Å². The highest BCUT2D eigenvalue weighted by Gasteiger charge is 2.36. The first-order chi connectivity index (χ1) is 8.41. The monoisotopic (exact) mass is 274 g/mol. The predicted octanol–water partition coefficient (Wildman–Crippen LogP) is 0.0200. The normalized spacial score (nSPS) is 35.3. The van der Waals surface area contributed by atoms with Gasteiger partial charge >= 0.3 is 0 Å². The molecule has 5 nitrogen and oxygen atoms in total. The van der Waals surface area contributed by atoms with Crippen LogP contribution in [-0.2, 0) is 14.6 Å². The van der Waals surface area contributed by atoms with Crippen molar-refractivity contribution < 1.29 is 13.2 Å². The van der Waals surface area contributed by atoms with Crippen molar-refractivity contribution in [2.24, 2.45) is 5.92 Å². The Morgan fingerprint density at radius 3 is 2.61 bits per heavy atom. The van der Waals surface area contributed by atoms with Crippen LogP contribution in [0.15, 0.2) is 0 Å². The number of nitrogens with one attached hydrogen (secondary N) is 1. The number of nitrogens with zero attached hydrogens (tertiary/aromatic N) is 1. The zero-order valence-corrected chi connectivity index (χ0v) is 11.9. The van der Waals surface area contributed by atoms with Crippen LogP contribution in [0.2, 0.25) is 0 Å². The summed E-state index contributed by atoms with van der Waals surface area (Å²) < 4.78 is 22.9. The van der Waals surface area contributed by atoms with Gasteiger partial charge in [-0.2, -0.15) is 0 Å². The minimum atomic E-state index is -2.93. The molecule has 2 fully saturated rings. The molecule has 3 atom stereocenters. The highest BCUT2D eigenvalue weighted by molar-refractivity contribution is 7.91. The molecule has 0 spiro atoms. The number of hydrogen-bond acceptors (Lipinski definition) is 4. The van der Waals surface area contributed by atoms with E-state index in [0.29, 0.717) is 6.42 Å². The zero-order valence-electron chi connectivity index (χ0n) is 11.1. The molecule has 0 aromatic rings. The number of rotatable bonds is 2. The lowest BCUT2D eigenvalue weighted by Crippen LogP contribution is -2.49. The molecule has 0 saturated carbocycles. The molecule has 2 rings (SSSR count). The van der Waals surface area contributed by atoms with Gasteiger partial charge in [-0.15, -0.1) is 0 Å². The van der Waals surface area contributed by atoms with E-state index in [1.165, 1.54) is 0 Å². The van der Waals surface area contributed by atoms with Crippen LogP contribution < -0.4 is 5.32 Å². The van der Waals surface area contributed by atoms with E-state index in [4.69, 9.17) is 0 Å². The van der Waals surface area contributed by atoms with E-state index in [1.807, 2.05) is 6.92 Å². The molecule has 1 amide bonds. The molecular formula is C12H22N2O3S. The summed E-state index contributed by atoms with van der Waals surface area (Å²) in [7, 11) is -1.18. The predicted molar refractivity (Wildman–Crippen MR) is 70.0 cm³/mol. The number of piperidine rings is 1. The zero-order chi connectivity index (χ0) is 13.3. The van der Waals surface area contributed by atoms with Crippen LogP contribution >= 0.6 is 0 Å². The number of hydrogen-bond donors (Lipinski definition) is 1. The van der Waals surface area contributed by atoms with Crippen molar-refractivity contribution in [3.63, 3.8) is 0 Å². The Balaban J connectivity index is 2.00. The molecular weight excluding hydrogens is 252 g/mol. The first-order valence-electron chi connectivity index (χ1n) is 6.61. The molecule has 0 aromatic carbocycles. The summed E-state index contributed by atoms with van der Waals surface area (Å²) >= 11 is 0. The summed E-state index contributed by atoms with van der Waals surface area (Å²) in [4.78, 5) is 14.1. The Hall–Kier alpha value is -0.620. The molecule has 0 aromatic heterocycles. The number of sulfone groups is 1. The Morgan fingerprint density at radius 2 is 2.06 bits per heavy atom. The van der Waals surface area contributed by atoms with Crippen LogP contribution in [0.4, 0.5) is 0 Å². The second-order valence-corrected chi connectivity index (χ2v) is 7.73. The molecule has 2 heterocycles. The van der Waals surface area contributed by atoms with E-state index in [0.717, 1.165) is 19.4 Å². The number of carbonyl (C=O) groups excluding carboxylic acids is 1. The van der Waals surface area contributed by atoms with E-state index in [9.17, 15) is 13.2 Å². The summed E-state index contributed by atoms with van der Waals surface area (Å²) in [5.41, 5.74) is 0. The van der Waals surface area contributed by atoms with Gasteiger partial charge in [0.2, 0.25) is 5.91 Å².